The minimum absolute atomic E-state index is 0.0334. The molecule has 1 fully saturated rings. The average molecular weight is 423 g/mol. The van der Waals surface area contributed by atoms with Crippen molar-refractivity contribution in [3.05, 3.63) is 47.0 Å². The van der Waals surface area contributed by atoms with Gasteiger partial charge in [0, 0.05) is 23.3 Å². The van der Waals surface area contributed by atoms with Gasteiger partial charge in [-0.05, 0) is 43.0 Å². The average Bonchev–Trinajstić information content (AvgIpc) is 3.19. The standard InChI is InChI=1S/C21H23F2NO4S/c1-27-18-8-7-14(21(24-18)29-15-4-2-3-5-15)12-28-20-16(22)10-13(11-17(20)23)6-9-19(25)26/h7-8,10-11,15H,2-6,9,12H2,1H3,(H,25,26). The molecule has 0 atom stereocenters. The van der Waals surface area contributed by atoms with Crippen molar-refractivity contribution in [1.82, 2.24) is 4.98 Å². The predicted molar refractivity (Wildman–Crippen MR) is 106 cm³/mol. The summed E-state index contributed by atoms with van der Waals surface area (Å²) in [5, 5.41) is 9.93. The number of hydrogen-bond donors (Lipinski definition) is 1. The molecule has 1 N–H and O–H groups in total. The van der Waals surface area contributed by atoms with Crippen LogP contribution in [0.5, 0.6) is 11.6 Å². The second-order valence-electron chi connectivity index (χ2n) is 6.91. The van der Waals surface area contributed by atoms with E-state index in [-0.39, 0.29) is 25.0 Å². The quantitative estimate of drug-likeness (QED) is 0.612. The number of benzene rings is 1. The molecular formula is C21H23F2NO4S. The van der Waals surface area contributed by atoms with Gasteiger partial charge in [-0.1, -0.05) is 12.8 Å². The third-order valence-electron chi connectivity index (χ3n) is 4.76. The second kappa shape index (κ2) is 9.91. The third-order valence-corrected chi connectivity index (χ3v) is 6.14. The summed E-state index contributed by atoms with van der Waals surface area (Å²) in [5.74, 6) is -2.72. The number of pyridine rings is 1. The van der Waals surface area contributed by atoms with E-state index in [9.17, 15) is 13.6 Å². The topological polar surface area (TPSA) is 68.7 Å². The monoisotopic (exact) mass is 423 g/mol. The fourth-order valence-electron chi connectivity index (χ4n) is 3.24. The van der Waals surface area contributed by atoms with Crippen molar-refractivity contribution in [2.75, 3.05) is 7.11 Å². The smallest absolute Gasteiger partial charge is 0.303 e. The van der Waals surface area contributed by atoms with Gasteiger partial charge < -0.3 is 14.6 Å². The highest BCUT2D eigenvalue weighted by molar-refractivity contribution is 7.99. The van der Waals surface area contributed by atoms with E-state index in [1.165, 1.54) is 12.8 Å². The maximum absolute atomic E-state index is 14.3. The normalized spacial score (nSPS) is 14.2. The number of nitrogens with zero attached hydrogens (tertiary/aromatic N) is 1. The summed E-state index contributed by atoms with van der Waals surface area (Å²) in [6.45, 7) is -0.0334. The number of carbonyl (C=O) groups is 1. The van der Waals surface area contributed by atoms with Crippen molar-refractivity contribution >= 4 is 17.7 Å². The summed E-state index contributed by atoms with van der Waals surface area (Å²) in [6, 6.07) is 5.71. The van der Waals surface area contributed by atoms with E-state index in [2.05, 4.69) is 4.98 Å². The van der Waals surface area contributed by atoms with E-state index in [0.29, 0.717) is 11.1 Å². The lowest BCUT2D eigenvalue weighted by Crippen LogP contribution is -2.06. The van der Waals surface area contributed by atoms with E-state index < -0.39 is 23.4 Å². The van der Waals surface area contributed by atoms with Gasteiger partial charge in [0.05, 0.1) is 7.11 Å². The molecule has 8 heteroatoms. The number of rotatable bonds is 9. The van der Waals surface area contributed by atoms with Gasteiger partial charge in [0.1, 0.15) is 11.6 Å². The number of aromatic nitrogens is 1. The fourth-order valence-corrected chi connectivity index (χ4v) is 4.54. The fraction of sp³-hybridized carbons (Fsp3) is 0.429. The lowest BCUT2D eigenvalue weighted by molar-refractivity contribution is -0.136. The first-order valence-corrected chi connectivity index (χ1v) is 10.4. The molecule has 0 unspecified atom stereocenters. The highest BCUT2D eigenvalue weighted by atomic mass is 32.2. The minimum atomic E-state index is -1.02. The first kappa shape index (κ1) is 21.4. The number of thioether (sulfide) groups is 1. The molecule has 1 heterocycles. The van der Waals surface area contributed by atoms with Crippen LogP contribution in [0.4, 0.5) is 8.78 Å². The Morgan fingerprint density at radius 1 is 1.24 bits per heavy atom. The van der Waals surface area contributed by atoms with Crippen LogP contribution in [0.2, 0.25) is 0 Å². The molecule has 0 amide bonds. The summed E-state index contributed by atoms with van der Waals surface area (Å²) < 4.78 is 39.3. The largest absolute Gasteiger partial charge is 0.483 e. The summed E-state index contributed by atoms with van der Waals surface area (Å²) in [7, 11) is 1.54. The van der Waals surface area contributed by atoms with Crippen LogP contribution in [0, 0.1) is 11.6 Å². The lowest BCUT2D eigenvalue weighted by Gasteiger charge is -2.15. The van der Waals surface area contributed by atoms with E-state index in [1.54, 1.807) is 31.0 Å². The number of aryl methyl sites for hydroxylation is 1. The Hall–Kier alpha value is -2.35. The van der Waals surface area contributed by atoms with Crippen molar-refractivity contribution in [3.63, 3.8) is 0 Å². The zero-order valence-corrected chi connectivity index (χ0v) is 16.9. The third kappa shape index (κ3) is 5.82. The van der Waals surface area contributed by atoms with Crippen LogP contribution in [-0.4, -0.2) is 28.4 Å². The molecule has 1 aromatic heterocycles. The van der Waals surface area contributed by atoms with Crippen molar-refractivity contribution < 1.29 is 28.2 Å². The number of ether oxygens (including phenoxy) is 2. The Balaban J connectivity index is 1.74. The van der Waals surface area contributed by atoms with Crippen molar-refractivity contribution in [1.29, 1.82) is 0 Å². The number of carboxylic acids is 1. The molecule has 0 spiro atoms. The Morgan fingerprint density at radius 3 is 2.55 bits per heavy atom. The van der Waals surface area contributed by atoms with Gasteiger partial charge in [-0.15, -0.1) is 11.8 Å². The predicted octanol–water partition coefficient (Wildman–Crippen LogP) is 5.00. The Bertz CT molecular complexity index is 849. The Kier molecular flexibility index (Phi) is 7.30. The molecule has 156 valence electrons. The zero-order chi connectivity index (χ0) is 20.8. The van der Waals surface area contributed by atoms with Crippen LogP contribution in [0.25, 0.3) is 0 Å². The maximum atomic E-state index is 14.3. The second-order valence-corrected chi connectivity index (χ2v) is 8.20. The summed E-state index contributed by atoms with van der Waals surface area (Å²) in [4.78, 5) is 15.1. The van der Waals surface area contributed by atoms with Crippen LogP contribution < -0.4 is 9.47 Å². The van der Waals surface area contributed by atoms with Crippen LogP contribution in [0.15, 0.2) is 29.3 Å². The van der Waals surface area contributed by atoms with Crippen LogP contribution in [0.1, 0.15) is 43.2 Å². The van der Waals surface area contributed by atoms with Crippen molar-refractivity contribution in [2.24, 2.45) is 0 Å². The van der Waals surface area contributed by atoms with Gasteiger partial charge >= 0.3 is 5.97 Å². The molecule has 29 heavy (non-hydrogen) atoms. The van der Waals surface area contributed by atoms with Gasteiger partial charge in [0.15, 0.2) is 17.4 Å². The molecule has 2 aromatic rings. The van der Waals surface area contributed by atoms with Gasteiger partial charge in [0.2, 0.25) is 5.88 Å². The van der Waals surface area contributed by atoms with Gasteiger partial charge in [-0.3, -0.25) is 4.79 Å². The molecular weight excluding hydrogens is 400 g/mol. The van der Waals surface area contributed by atoms with Crippen LogP contribution in [0.3, 0.4) is 0 Å². The van der Waals surface area contributed by atoms with E-state index in [1.807, 2.05) is 0 Å². The molecule has 0 aliphatic heterocycles. The molecule has 0 bridgehead atoms. The highest BCUT2D eigenvalue weighted by Crippen LogP contribution is 2.36. The molecule has 0 radical (unpaired) electrons. The SMILES string of the molecule is COc1ccc(COc2c(F)cc(CCC(=O)O)cc2F)c(SC2CCCC2)n1. The van der Waals surface area contributed by atoms with E-state index in [4.69, 9.17) is 14.6 Å². The van der Waals surface area contributed by atoms with Gasteiger partial charge in [-0.2, -0.15) is 0 Å². The molecule has 1 aliphatic rings. The van der Waals surface area contributed by atoms with E-state index in [0.717, 1.165) is 35.6 Å². The summed E-state index contributed by atoms with van der Waals surface area (Å²) in [5.41, 5.74) is 1.01. The first-order valence-electron chi connectivity index (χ1n) is 9.49. The molecule has 1 aromatic carbocycles. The van der Waals surface area contributed by atoms with Crippen LogP contribution >= 0.6 is 11.8 Å². The molecule has 1 aliphatic carbocycles. The summed E-state index contributed by atoms with van der Waals surface area (Å²) in [6.07, 6.45) is 4.47. The number of methoxy groups -OCH3 is 1. The maximum Gasteiger partial charge on any atom is 0.303 e. The van der Waals surface area contributed by atoms with Crippen molar-refractivity contribution in [2.45, 2.75) is 55.4 Å². The Morgan fingerprint density at radius 2 is 1.93 bits per heavy atom. The van der Waals surface area contributed by atoms with Crippen LogP contribution in [-0.2, 0) is 17.8 Å². The highest BCUT2D eigenvalue weighted by Gasteiger charge is 2.20. The zero-order valence-electron chi connectivity index (χ0n) is 16.1. The van der Waals surface area contributed by atoms with Crippen molar-refractivity contribution in [3.8, 4) is 11.6 Å². The summed E-state index contributed by atoms with van der Waals surface area (Å²) >= 11 is 1.65. The molecule has 3 rings (SSSR count). The Labute approximate surface area is 172 Å². The number of aliphatic carboxylic acids is 1. The van der Waals surface area contributed by atoms with E-state index >= 15 is 0 Å². The lowest BCUT2D eigenvalue weighted by atomic mass is 10.1. The minimum Gasteiger partial charge on any atom is -0.483 e. The van der Waals surface area contributed by atoms with Gasteiger partial charge in [0.25, 0.3) is 0 Å². The molecule has 0 saturated heterocycles. The molecule has 5 nitrogen and oxygen atoms in total. The molecule has 1 saturated carbocycles. The number of carboxylic acid groups (broad SMARTS) is 1. The first-order chi connectivity index (χ1) is 14.0. The van der Waals surface area contributed by atoms with Gasteiger partial charge in [-0.25, -0.2) is 13.8 Å². The number of halogens is 2. The number of hydrogen-bond acceptors (Lipinski definition) is 5.